The first-order valence-corrected chi connectivity index (χ1v) is 9.82. The summed E-state index contributed by atoms with van der Waals surface area (Å²) in [6.07, 6.45) is 1.50. The van der Waals surface area contributed by atoms with Gasteiger partial charge in [0.25, 0.3) is 5.95 Å². The lowest BCUT2D eigenvalue weighted by Gasteiger charge is -2.05. The van der Waals surface area contributed by atoms with Crippen LogP contribution in [0.1, 0.15) is 11.5 Å². The second-order valence-corrected chi connectivity index (χ2v) is 7.53. The van der Waals surface area contributed by atoms with E-state index in [-0.39, 0.29) is 17.6 Å². The Balaban J connectivity index is 1.51. The molecule has 0 aliphatic heterocycles. The molecule has 0 aliphatic rings. The fourth-order valence-corrected chi connectivity index (χ4v) is 3.00. The molecule has 3 aromatic rings. The van der Waals surface area contributed by atoms with E-state index in [0.717, 1.165) is 15.0 Å². The van der Waals surface area contributed by atoms with E-state index in [4.69, 9.17) is 10.3 Å². The lowest BCUT2D eigenvalue weighted by Crippen LogP contribution is -2.16. The molecule has 2 aromatic heterocycles. The van der Waals surface area contributed by atoms with Gasteiger partial charge in [-0.15, -0.1) is 10.2 Å². The van der Waals surface area contributed by atoms with Gasteiger partial charge in [-0.05, 0) is 65.9 Å². The predicted octanol–water partition coefficient (Wildman–Crippen LogP) is 2.67. The van der Waals surface area contributed by atoms with Crippen LogP contribution < -0.4 is 16.6 Å². The summed E-state index contributed by atoms with van der Waals surface area (Å²) in [5.74, 6) is 7.55. The molecule has 1 amide bonds. The number of hydrazone groups is 1. The summed E-state index contributed by atoms with van der Waals surface area (Å²) < 4.78 is 7.69. The third-order valence-corrected chi connectivity index (χ3v) is 4.90. The minimum atomic E-state index is -0.162. The standard InChI is InChI=1S/C16H16IN7O2S/c1-10-2-7-13(26-10)8-19-21-15-22-23-16(24(15)18)27-9-14(25)20-12-5-3-11(17)4-6-12/h2-8H,9,18H2,1H3,(H,20,25)(H,21,22)/b19-8+. The summed E-state index contributed by atoms with van der Waals surface area (Å²) in [6, 6.07) is 11.2. The van der Waals surface area contributed by atoms with Crippen LogP contribution in [-0.4, -0.2) is 32.7 Å². The maximum Gasteiger partial charge on any atom is 0.264 e. The van der Waals surface area contributed by atoms with Gasteiger partial charge in [-0.25, -0.2) is 10.1 Å². The Kier molecular flexibility index (Phi) is 6.34. The molecule has 3 rings (SSSR count). The number of nitrogens with two attached hydrogens (primary N) is 1. The lowest BCUT2D eigenvalue weighted by atomic mass is 10.3. The van der Waals surface area contributed by atoms with E-state index >= 15 is 0 Å². The van der Waals surface area contributed by atoms with Crippen LogP contribution in [0.4, 0.5) is 11.6 Å². The van der Waals surface area contributed by atoms with E-state index in [9.17, 15) is 4.79 Å². The lowest BCUT2D eigenvalue weighted by molar-refractivity contribution is -0.113. The summed E-state index contributed by atoms with van der Waals surface area (Å²) >= 11 is 3.38. The zero-order chi connectivity index (χ0) is 19.2. The highest BCUT2D eigenvalue weighted by Crippen LogP contribution is 2.18. The quantitative estimate of drug-likeness (QED) is 0.151. The molecule has 0 atom stereocenters. The minimum absolute atomic E-state index is 0.149. The average molecular weight is 497 g/mol. The molecular formula is C16H16IN7O2S. The molecule has 1 aromatic carbocycles. The molecule has 0 spiro atoms. The van der Waals surface area contributed by atoms with E-state index in [2.05, 4.69) is 48.6 Å². The van der Waals surface area contributed by atoms with Crippen molar-refractivity contribution in [3.63, 3.8) is 0 Å². The number of nitrogens with one attached hydrogen (secondary N) is 2. The highest BCUT2D eigenvalue weighted by Gasteiger charge is 2.12. The maximum atomic E-state index is 12.0. The third-order valence-electron chi connectivity index (χ3n) is 3.24. The number of halogens is 1. The molecule has 11 heteroatoms. The number of anilines is 2. The smallest absolute Gasteiger partial charge is 0.264 e. The van der Waals surface area contributed by atoms with Gasteiger partial charge in [-0.2, -0.15) is 5.10 Å². The minimum Gasteiger partial charge on any atom is -0.460 e. The number of rotatable bonds is 7. The number of thioether (sulfide) groups is 1. The molecule has 0 fully saturated rings. The van der Waals surface area contributed by atoms with Crippen molar-refractivity contribution >= 4 is 58.1 Å². The fraction of sp³-hybridized carbons (Fsp3) is 0.125. The second-order valence-electron chi connectivity index (χ2n) is 5.34. The Morgan fingerprint density at radius 1 is 1.33 bits per heavy atom. The van der Waals surface area contributed by atoms with Crippen LogP contribution in [0.3, 0.4) is 0 Å². The van der Waals surface area contributed by atoms with Crippen molar-refractivity contribution in [2.75, 3.05) is 22.3 Å². The number of hydrogen-bond donors (Lipinski definition) is 3. The highest BCUT2D eigenvalue weighted by atomic mass is 127. The number of aryl methyl sites for hydroxylation is 1. The molecule has 2 heterocycles. The number of aromatic nitrogens is 3. The molecule has 140 valence electrons. The number of amides is 1. The van der Waals surface area contributed by atoms with Gasteiger partial charge in [-0.3, -0.25) is 4.79 Å². The molecule has 0 saturated heterocycles. The van der Waals surface area contributed by atoms with Crippen molar-refractivity contribution in [3.8, 4) is 0 Å². The normalized spacial score (nSPS) is 11.0. The third kappa shape index (κ3) is 5.47. The SMILES string of the molecule is Cc1ccc(/C=N/Nc2nnc(SCC(=O)Nc3ccc(I)cc3)n2N)o1. The molecule has 4 N–H and O–H groups in total. The number of nitrogen functional groups attached to an aromatic ring is 1. The molecule has 27 heavy (non-hydrogen) atoms. The first kappa shape index (κ1) is 19.2. The summed E-state index contributed by atoms with van der Waals surface area (Å²) in [6.45, 7) is 1.85. The fourth-order valence-electron chi connectivity index (χ4n) is 1.99. The van der Waals surface area contributed by atoms with Gasteiger partial charge in [0.15, 0.2) is 0 Å². The van der Waals surface area contributed by atoms with E-state index in [0.29, 0.717) is 10.9 Å². The van der Waals surface area contributed by atoms with Crippen LogP contribution in [0, 0.1) is 10.5 Å². The Morgan fingerprint density at radius 2 is 2.11 bits per heavy atom. The van der Waals surface area contributed by atoms with E-state index < -0.39 is 0 Å². The molecule has 0 unspecified atom stereocenters. The highest BCUT2D eigenvalue weighted by molar-refractivity contribution is 14.1. The Bertz CT molecular complexity index is 952. The number of furan rings is 1. The zero-order valence-electron chi connectivity index (χ0n) is 14.2. The van der Waals surface area contributed by atoms with Crippen molar-refractivity contribution < 1.29 is 9.21 Å². The van der Waals surface area contributed by atoms with Crippen LogP contribution in [0.2, 0.25) is 0 Å². The Hall–Kier alpha value is -2.54. The van der Waals surface area contributed by atoms with Gasteiger partial charge in [0.05, 0.1) is 12.0 Å². The van der Waals surface area contributed by atoms with Crippen molar-refractivity contribution in [3.05, 3.63) is 51.5 Å². The van der Waals surface area contributed by atoms with Crippen molar-refractivity contribution in [1.82, 2.24) is 14.9 Å². The first-order chi connectivity index (χ1) is 13.0. The van der Waals surface area contributed by atoms with Crippen LogP contribution in [0.25, 0.3) is 0 Å². The summed E-state index contributed by atoms with van der Waals surface area (Å²) in [4.78, 5) is 12.0. The van der Waals surface area contributed by atoms with Crippen molar-refractivity contribution in [1.29, 1.82) is 0 Å². The van der Waals surface area contributed by atoms with Gasteiger partial charge < -0.3 is 15.6 Å². The molecule has 0 bridgehead atoms. The number of nitrogens with zero attached hydrogens (tertiary/aromatic N) is 4. The zero-order valence-corrected chi connectivity index (χ0v) is 17.2. The number of hydrogen-bond acceptors (Lipinski definition) is 8. The van der Waals surface area contributed by atoms with Crippen LogP contribution in [0.5, 0.6) is 0 Å². The van der Waals surface area contributed by atoms with E-state index in [1.807, 2.05) is 37.3 Å². The molecule has 0 aliphatic carbocycles. The van der Waals surface area contributed by atoms with Gasteiger partial charge in [0.2, 0.25) is 11.1 Å². The molecular weight excluding hydrogens is 481 g/mol. The summed E-state index contributed by atoms with van der Waals surface area (Å²) in [5, 5.41) is 15.0. The van der Waals surface area contributed by atoms with Crippen molar-refractivity contribution in [2.24, 2.45) is 5.10 Å². The van der Waals surface area contributed by atoms with E-state index in [1.165, 1.54) is 22.7 Å². The molecule has 0 radical (unpaired) electrons. The van der Waals surface area contributed by atoms with Crippen LogP contribution in [0.15, 0.2) is 51.1 Å². The monoisotopic (exact) mass is 497 g/mol. The number of benzene rings is 1. The van der Waals surface area contributed by atoms with Gasteiger partial charge in [0.1, 0.15) is 11.5 Å². The summed E-state index contributed by atoms with van der Waals surface area (Å²) in [5.41, 5.74) is 3.42. The van der Waals surface area contributed by atoms with Crippen molar-refractivity contribution in [2.45, 2.75) is 12.1 Å². The molecule has 0 saturated carbocycles. The predicted molar refractivity (Wildman–Crippen MR) is 113 cm³/mol. The first-order valence-electron chi connectivity index (χ1n) is 7.75. The van der Waals surface area contributed by atoms with Gasteiger partial charge in [0, 0.05) is 9.26 Å². The Labute approximate surface area is 172 Å². The topological polar surface area (TPSA) is 123 Å². The average Bonchev–Trinajstić information content (AvgIpc) is 3.21. The number of carbonyl (C=O) groups is 1. The second kappa shape index (κ2) is 8.90. The number of carbonyl (C=O) groups excluding carboxylic acids is 1. The van der Waals surface area contributed by atoms with Gasteiger partial charge in [-0.1, -0.05) is 11.8 Å². The summed E-state index contributed by atoms with van der Waals surface area (Å²) in [7, 11) is 0. The Morgan fingerprint density at radius 3 is 2.81 bits per heavy atom. The van der Waals surface area contributed by atoms with Crippen LogP contribution >= 0.6 is 34.4 Å². The van der Waals surface area contributed by atoms with Crippen LogP contribution in [-0.2, 0) is 4.79 Å². The maximum absolute atomic E-state index is 12.0. The molecule has 9 nitrogen and oxygen atoms in total. The largest absolute Gasteiger partial charge is 0.460 e. The van der Waals surface area contributed by atoms with Gasteiger partial charge >= 0.3 is 0 Å². The van der Waals surface area contributed by atoms with E-state index in [1.54, 1.807) is 6.07 Å².